The number of phenols is 1. The number of carbonyl (C=O) groups excluding carboxylic acids is 2. The average Bonchev–Trinajstić information content (AvgIpc) is 2.67. The van der Waals surface area contributed by atoms with E-state index in [9.17, 15) is 14.7 Å². The molecule has 1 heterocycles. The van der Waals surface area contributed by atoms with Gasteiger partial charge in [0.2, 0.25) is 0 Å². The Morgan fingerprint density at radius 1 is 1.00 bits per heavy atom. The molecule has 2 aromatic rings. The highest BCUT2D eigenvalue weighted by Crippen LogP contribution is 2.26. The van der Waals surface area contributed by atoms with Crippen molar-refractivity contribution < 1.29 is 19.4 Å². The zero-order valence-electron chi connectivity index (χ0n) is 14.1. The molecule has 1 saturated heterocycles. The van der Waals surface area contributed by atoms with Crippen LogP contribution in [0.25, 0.3) is 0 Å². The van der Waals surface area contributed by atoms with Gasteiger partial charge in [-0.15, -0.1) is 0 Å². The highest BCUT2D eigenvalue weighted by atomic mass is 35.5. The Morgan fingerprint density at radius 3 is 2.35 bits per heavy atom. The highest BCUT2D eigenvalue weighted by Gasteiger charge is 2.23. The third kappa shape index (κ3) is 4.08. The fraction of sp³-hybridized carbons (Fsp3) is 0.263. The van der Waals surface area contributed by atoms with Gasteiger partial charge in [-0.2, -0.15) is 0 Å². The number of nitrogens with zero attached hydrogens (tertiary/aromatic N) is 2. The molecule has 136 valence electrons. The Labute approximate surface area is 156 Å². The second-order valence-electron chi connectivity index (χ2n) is 5.91. The normalized spacial score (nSPS) is 14.2. The maximum Gasteiger partial charge on any atom is 0.342 e. The predicted octanol–water partition coefficient (Wildman–Crippen LogP) is 2.55. The van der Waals surface area contributed by atoms with Crippen LogP contribution in [0.1, 0.15) is 10.4 Å². The van der Waals surface area contributed by atoms with Gasteiger partial charge in [0.05, 0.1) is 10.7 Å². The van der Waals surface area contributed by atoms with Gasteiger partial charge in [-0.25, -0.2) is 4.79 Å². The van der Waals surface area contributed by atoms with E-state index < -0.39 is 5.97 Å². The van der Waals surface area contributed by atoms with Crippen molar-refractivity contribution in [2.24, 2.45) is 0 Å². The maximum absolute atomic E-state index is 12.3. The largest absolute Gasteiger partial charge is 0.507 e. The molecule has 0 bridgehead atoms. The lowest BCUT2D eigenvalue weighted by molar-refractivity contribution is -0.134. The molecule has 1 aliphatic rings. The van der Waals surface area contributed by atoms with Crippen molar-refractivity contribution in [2.75, 3.05) is 37.7 Å². The van der Waals surface area contributed by atoms with E-state index in [1.807, 2.05) is 24.3 Å². The first kappa shape index (κ1) is 18.1. The van der Waals surface area contributed by atoms with E-state index in [-0.39, 0.29) is 23.8 Å². The minimum absolute atomic E-state index is 0.0452. The number of phenolic OH excluding ortho intramolecular Hbond substituents is 1. The van der Waals surface area contributed by atoms with Crippen LogP contribution in [-0.2, 0) is 9.53 Å². The molecule has 2 aromatic carbocycles. The van der Waals surface area contributed by atoms with Crippen molar-refractivity contribution in [2.45, 2.75) is 0 Å². The molecule has 1 aliphatic heterocycles. The monoisotopic (exact) mass is 374 g/mol. The summed E-state index contributed by atoms with van der Waals surface area (Å²) in [6, 6.07) is 13.7. The van der Waals surface area contributed by atoms with Gasteiger partial charge in [-0.3, -0.25) is 4.79 Å². The fourth-order valence-electron chi connectivity index (χ4n) is 2.85. The van der Waals surface area contributed by atoms with Crippen molar-refractivity contribution in [1.82, 2.24) is 4.90 Å². The summed E-state index contributed by atoms with van der Waals surface area (Å²) in [6.45, 7) is 2.02. The SMILES string of the molecule is O=C(OCC(=O)N1CCN(c2ccccc2Cl)CC1)c1ccccc1O. The smallest absolute Gasteiger partial charge is 0.342 e. The van der Waals surface area contributed by atoms with Gasteiger partial charge in [0.1, 0.15) is 11.3 Å². The molecule has 1 amide bonds. The van der Waals surface area contributed by atoms with Crippen LogP contribution in [0.15, 0.2) is 48.5 Å². The summed E-state index contributed by atoms with van der Waals surface area (Å²) < 4.78 is 5.03. The molecule has 3 rings (SSSR count). The van der Waals surface area contributed by atoms with Crippen molar-refractivity contribution in [3.63, 3.8) is 0 Å². The fourth-order valence-corrected chi connectivity index (χ4v) is 3.10. The van der Waals surface area contributed by atoms with Crippen LogP contribution in [0.2, 0.25) is 5.02 Å². The third-order valence-electron chi connectivity index (χ3n) is 4.28. The number of hydrogen-bond acceptors (Lipinski definition) is 5. The van der Waals surface area contributed by atoms with E-state index in [1.165, 1.54) is 12.1 Å². The number of rotatable bonds is 4. The quantitative estimate of drug-likeness (QED) is 0.833. The van der Waals surface area contributed by atoms with Crippen LogP contribution in [-0.4, -0.2) is 54.7 Å². The van der Waals surface area contributed by atoms with Crippen LogP contribution >= 0.6 is 11.6 Å². The molecule has 6 nitrogen and oxygen atoms in total. The van der Waals surface area contributed by atoms with E-state index in [0.29, 0.717) is 31.2 Å². The Kier molecular flexibility index (Phi) is 5.63. The first-order chi connectivity index (χ1) is 12.6. The van der Waals surface area contributed by atoms with Crippen molar-refractivity contribution in [1.29, 1.82) is 0 Å². The molecule has 0 saturated carbocycles. The predicted molar refractivity (Wildman–Crippen MR) is 98.6 cm³/mol. The minimum Gasteiger partial charge on any atom is -0.507 e. The van der Waals surface area contributed by atoms with Gasteiger partial charge in [-0.1, -0.05) is 35.9 Å². The lowest BCUT2D eigenvalue weighted by Crippen LogP contribution is -2.50. The van der Waals surface area contributed by atoms with E-state index >= 15 is 0 Å². The summed E-state index contributed by atoms with van der Waals surface area (Å²) in [4.78, 5) is 28.0. The number of hydrogen-bond donors (Lipinski definition) is 1. The van der Waals surface area contributed by atoms with Gasteiger partial charge in [0, 0.05) is 26.2 Å². The topological polar surface area (TPSA) is 70.1 Å². The van der Waals surface area contributed by atoms with Gasteiger partial charge in [0.15, 0.2) is 6.61 Å². The molecule has 0 aliphatic carbocycles. The molecule has 1 fully saturated rings. The maximum atomic E-state index is 12.3. The molecule has 1 N–H and O–H groups in total. The molecule has 0 atom stereocenters. The summed E-state index contributed by atoms with van der Waals surface area (Å²) >= 11 is 6.21. The molecule has 0 spiro atoms. The summed E-state index contributed by atoms with van der Waals surface area (Å²) in [5.74, 6) is -1.14. The molecular weight excluding hydrogens is 356 g/mol. The zero-order valence-corrected chi connectivity index (χ0v) is 14.9. The number of ether oxygens (including phenoxy) is 1. The zero-order chi connectivity index (χ0) is 18.5. The number of anilines is 1. The van der Waals surface area contributed by atoms with E-state index in [2.05, 4.69) is 4.90 Å². The van der Waals surface area contributed by atoms with Gasteiger partial charge in [-0.05, 0) is 24.3 Å². The molecule has 0 radical (unpaired) electrons. The van der Waals surface area contributed by atoms with Gasteiger partial charge in [0.25, 0.3) is 5.91 Å². The first-order valence-electron chi connectivity index (χ1n) is 8.28. The van der Waals surface area contributed by atoms with Crippen LogP contribution in [0.5, 0.6) is 5.75 Å². The molecule has 0 aromatic heterocycles. The average molecular weight is 375 g/mol. The van der Waals surface area contributed by atoms with Gasteiger partial charge >= 0.3 is 5.97 Å². The third-order valence-corrected chi connectivity index (χ3v) is 4.60. The number of halogens is 1. The second-order valence-corrected chi connectivity index (χ2v) is 6.32. The highest BCUT2D eigenvalue weighted by molar-refractivity contribution is 6.33. The summed E-state index contributed by atoms with van der Waals surface area (Å²) in [5, 5.41) is 10.3. The van der Waals surface area contributed by atoms with Crippen LogP contribution in [0.3, 0.4) is 0 Å². The van der Waals surface area contributed by atoms with Crippen LogP contribution in [0.4, 0.5) is 5.69 Å². The second kappa shape index (κ2) is 8.10. The van der Waals surface area contributed by atoms with Crippen molar-refractivity contribution in [3.8, 4) is 5.75 Å². The van der Waals surface area contributed by atoms with Crippen molar-refractivity contribution >= 4 is 29.2 Å². The number of carbonyl (C=O) groups is 2. The summed E-state index contributed by atoms with van der Waals surface area (Å²) in [5.41, 5.74) is 0.996. The Hall–Kier alpha value is -2.73. The number of piperazine rings is 1. The van der Waals surface area contributed by atoms with E-state index in [4.69, 9.17) is 16.3 Å². The number of para-hydroxylation sites is 2. The molecule has 7 heteroatoms. The minimum atomic E-state index is -0.717. The summed E-state index contributed by atoms with van der Waals surface area (Å²) in [6.07, 6.45) is 0. The number of aromatic hydroxyl groups is 1. The Morgan fingerprint density at radius 2 is 1.65 bits per heavy atom. The molecule has 0 unspecified atom stereocenters. The van der Waals surface area contributed by atoms with E-state index in [1.54, 1.807) is 17.0 Å². The van der Waals surface area contributed by atoms with Gasteiger partial charge < -0.3 is 19.6 Å². The number of benzene rings is 2. The molecular formula is C19H19ClN2O4. The lowest BCUT2D eigenvalue weighted by Gasteiger charge is -2.36. The van der Waals surface area contributed by atoms with Crippen molar-refractivity contribution in [3.05, 3.63) is 59.1 Å². The molecule has 26 heavy (non-hydrogen) atoms. The van der Waals surface area contributed by atoms with E-state index in [0.717, 1.165) is 5.69 Å². The van der Waals surface area contributed by atoms with Crippen LogP contribution < -0.4 is 4.90 Å². The number of esters is 1. The number of amides is 1. The standard InChI is InChI=1S/C19H19ClN2O4/c20-15-6-2-3-7-16(15)21-9-11-22(12-10-21)18(24)13-26-19(25)14-5-1-4-8-17(14)23/h1-8,23H,9-13H2. The summed E-state index contributed by atoms with van der Waals surface area (Å²) in [7, 11) is 0. The Bertz CT molecular complexity index is 804. The first-order valence-corrected chi connectivity index (χ1v) is 8.66. The lowest BCUT2D eigenvalue weighted by atomic mass is 10.2. The van der Waals surface area contributed by atoms with Crippen LogP contribution in [0, 0.1) is 0 Å². The Balaban J connectivity index is 1.50.